The van der Waals surface area contributed by atoms with Gasteiger partial charge in [0.25, 0.3) is 5.69 Å². The topological polar surface area (TPSA) is 129 Å². The Morgan fingerprint density at radius 3 is 1.74 bits per heavy atom. The molecule has 3 aromatic carbocycles. The Kier molecular flexibility index (Phi) is 6.41. The lowest BCUT2D eigenvalue weighted by Gasteiger charge is -2.10. The summed E-state index contributed by atoms with van der Waals surface area (Å²) < 4.78 is 10.4. The van der Waals surface area contributed by atoms with Crippen molar-refractivity contribution in [1.29, 1.82) is 0 Å². The number of nitro benzene ring substituents is 2. The van der Waals surface area contributed by atoms with Gasteiger partial charge in [-0.3, -0.25) is 25.7 Å². The fourth-order valence-electron chi connectivity index (χ4n) is 2.79. The van der Waals surface area contributed by atoms with Crippen LogP contribution in [0.4, 0.5) is 17.1 Å². The van der Waals surface area contributed by atoms with Crippen molar-refractivity contribution in [3.63, 3.8) is 0 Å². The molecule has 0 radical (unpaired) electrons. The smallest absolute Gasteiger partial charge is 0.301 e. The van der Waals surface area contributed by atoms with Crippen molar-refractivity contribution in [3.05, 3.63) is 98.1 Å². The molecule has 0 saturated carbocycles. The standard InChI is InChI=1S/C21H18N4O6/c1-30-17-8-3-14(4-9-17)21(15-5-10-18(31-2)11-6-15)23-22-19-12-7-16(24(26)27)13-20(19)25(28)29/h3-13,22H,1-2H3. The van der Waals surface area contributed by atoms with Gasteiger partial charge in [0.05, 0.1) is 35.8 Å². The van der Waals surface area contributed by atoms with Gasteiger partial charge < -0.3 is 9.47 Å². The molecule has 0 heterocycles. The molecule has 10 heteroatoms. The number of nitrogens with one attached hydrogen (secondary N) is 1. The molecule has 0 unspecified atom stereocenters. The van der Waals surface area contributed by atoms with E-state index in [1.165, 1.54) is 12.1 Å². The average Bonchev–Trinajstić information content (AvgIpc) is 2.79. The summed E-state index contributed by atoms with van der Waals surface area (Å²) in [4.78, 5) is 20.9. The predicted octanol–water partition coefficient (Wildman–Crippen LogP) is 4.38. The third kappa shape index (κ3) is 4.93. The molecule has 0 saturated heterocycles. The Hall–Kier alpha value is -4.47. The van der Waals surface area contributed by atoms with Crippen LogP contribution in [0.25, 0.3) is 0 Å². The van der Waals surface area contributed by atoms with Gasteiger partial charge in [-0.2, -0.15) is 5.10 Å². The maximum Gasteiger partial charge on any atom is 0.301 e. The minimum Gasteiger partial charge on any atom is -0.497 e. The maximum atomic E-state index is 11.4. The number of nitro groups is 2. The normalized spacial score (nSPS) is 10.1. The number of non-ortho nitro benzene ring substituents is 1. The fourth-order valence-corrected chi connectivity index (χ4v) is 2.79. The molecular formula is C21H18N4O6. The summed E-state index contributed by atoms with van der Waals surface area (Å²) in [6, 6.07) is 17.6. The molecule has 158 valence electrons. The van der Waals surface area contributed by atoms with Crippen molar-refractivity contribution in [2.75, 3.05) is 19.6 Å². The minimum absolute atomic E-state index is 0.0233. The van der Waals surface area contributed by atoms with E-state index in [2.05, 4.69) is 10.5 Å². The zero-order valence-corrected chi connectivity index (χ0v) is 16.6. The van der Waals surface area contributed by atoms with Gasteiger partial charge in [0, 0.05) is 17.2 Å². The number of methoxy groups -OCH3 is 2. The van der Waals surface area contributed by atoms with E-state index in [0.29, 0.717) is 17.2 Å². The lowest BCUT2D eigenvalue weighted by Crippen LogP contribution is -2.07. The first-order valence-electron chi connectivity index (χ1n) is 8.98. The summed E-state index contributed by atoms with van der Waals surface area (Å²) in [5.41, 5.74) is 3.81. The molecule has 0 aliphatic rings. The lowest BCUT2D eigenvalue weighted by atomic mass is 10.0. The van der Waals surface area contributed by atoms with Crippen LogP contribution in [0.3, 0.4) is 0 Å². The Morgan fingerprint density at radius 1 is 0.806 bits per heavy atom. The van der Waals surface area contributed by atoms with Crippen LogP contribution in [0.1, 0.15) is 11.1 Å². The molecular weight excluding hydrogens is 404 g/mol. The van der Waals surface area contributed by atoms with E-state index in [9.17, 15) is 20.2 Å². The number of hydrogen-bond acceptors (Lipinski definition) is 8. The number of hydrazone groups is 1. The largest absolute Gasteiger partial charge is 0.497 e. The fraction of sp³-hybridized carbons (Fsp3) is 0.0952. The van der Waals surface area contributed by atoms with Crippen molar-refractivity contribution in [2.24, 2.45) is 5.10 Å². The van der Waals surface area contributed by atoms with Gasteiger partial charge >= 0.3 is 5.69 Å². The van der Waals surface area contributed by atoms with Crippen molar-refractivity contribution in [2.45, 2.75) is 0 Å². The quantitative estimate of drug-likeness (QED) is 0.324. The Labute approximate surface area is 177 Å². The molecule has 0 fully saturated rings. The van der Waals surface area contributed by atoms with Crippen LogP contribution in [0.15, 0.2) is 71.8 Å². The van der Waals surface area contributed by atoms with Gasteiger partial charge in [0.15, 0.2) is 0 Å². The van der Waals surface area contributed by atoms with E-state index in [1.807, 2.05) is 0 Å². The van der Waals surface area contributed by atoms with Crippen LogP contribution in [0.5, 0.6) is 11.5 Å². The van der Waals surface area contributed by atoms with E-state index in [1.54, 1.807) is 62.8 Å². The molecule has 1 N–H and O–H groups in total. The number of anilines is 1. The van der Waals surface area contributed by atoms with E-state index in [-0.39, 0.29) is 11.4 Å². The highest BCUT2D eigenvalue weighted by Gasteiger charge is 2.19. The van der Waals surface area contributed by atoms with Crippen LogP contribution in [-0.4, -0.2) is 29.8 Å². The van der Waals surface area contributed by atoms with E-state index >= 15 is 0 Å². The minimum atomic E-state index is -0.703. The zero-order valence-electron chi connectivity index (χ0n) is 16.6. The van der Waals surface area contributed by atoms with Crippen LogP contribution < -0.4 is 14.9 Å². The Bertz CT molecular complexity index is 1080. The predicted molar refractivity (Wildman–Crippen MR) is 115 cm³/mol. The highest BCUT2D eigenvalue weighted by atomic mass is 16.6. The van der Waals surface area contributed by atoms with Gasteiger partial charge in [-0.1, -0.05) is 0 Å². The van der Waals surface area contributed by atoms with Crippen molar-refractivity contribution in [1.82, 2.24) is 0 Å². The second-order valence-corrected chi connectivity index (χ2v) is 6.24. The first kappa shape index (κ1) is 21.2. The number of hydrogen-bond donors (Lipinski definition) is 1. The molecule has 0 aromatic heterocycles. The van der Waals surface area contributed by atoms with Crippen LogP contribution in [0, 0.1) is 20.2 Å². The number of ether oxygens (including phenoxy) is 2. The first-order valence-corrected chi connectivity index (χ1v) is 8.98. The summed E-state index contributed by atoms with van der Waals surface area (Å²) in [6.07, 6.45) is 0. The van der Waals surface area contributed by atoms with E-state index < -0.39 is 15.5 Å². The summed E-state index contributed by atoms with van der Waals surface area (Å²) in [7, 11) is 3.12. The summed E-state index contributed by atoms with van der Waals surface area (Å²) >= 11 is 0. The van der Waals surface area contributed by atoms with Gasteiger partial charge in [-0.25, -0.2) is 0 Å². The lowest BCUT2D eigenvalue weighted by molar-refractivity contribution is -0.393. The third-order valence-corrected chi connectivity index (χ3v) is 4.40. The van der Waals surface area contributed by atoms with Crippen molar-refractivity contribution >= 4 is 22.8 Å². The number of rotatable bonds is 8. The highest BCUT2D eigenvalue weighted by Crippen LogP contribution is 2.29. The van der Waals surface area contributed by atoms with Gasteiger partial charge in [0.2, 0.25) is 0 Å². The molecule has 3 rings (SSSR count). The van der Waals surface area contributed by atoms with Gasteiger partial charge in [0.1, 0.15) is 17.2 Å². The van der Waals surface area contributed by atoms with Crippen LogP contribution >= 0.6 is 0 Å². The average molecular weight is 422 g/mol. The monoisotopic (exact) mass is 422 g/mol. The van der Waals surface area contributed by atoms with Crippen LogP contribution in [-0.2, 0) is 0 Å². The second kappa shape index (κ2) is 9.35. The van der Waals surface area contributed by atoms with Crippen molar-refractivity contribution in [3.8, 4) is 11.5 Å². The third-order valence-electron chi connectivity index (χ3n) is 4.40. The van der Waals surface area contributed by atoms with E-state index in [4.69, 9.17) is 9.47 Å². The van der Waals surface area contributed by atoms with Crippen LogP contribution in [0.2, 0.25) is 0 Å². The molecule has 0 atom stereocenters. The number of nitrogens with zero attached hydrogens (tertiary/aromatic N) is 3. The van der Waals surface area contributed by atoms with Gasteiger partial charge in [-0.15, -0.1) is 0 Å². The molecule has 0 aliphatic carbocycles. The summed E-state index contributed by atoms with van der Waals surface area (Å²) in [5.74, 6) is 1.33. The van der Waals surface area contributed by atoms with Gasteiger partial charge in [-0.05, 0) is 54.6 Å². The molecule has 0 amide bonds. The molecule has 0 bridgehead atoms. The first-order chi connectivity index (χ1) is 14.9. The molecule has 0 spiro atoms. The molecule has 3 aromatic rings. The SMILES string of the molecule is COc1ccc(C(=NNc2ccc([N+](=O)[O-])cc2[N+](=O)[O-])c2ccc(OC)cc2)cc1. The molecule has 31 heavy (non-hydrogen) atoms. The second-order valence-electron chi connectivity index (χ2n) is 6.24. The maximum absolute atomic E-state index is 11.4. The van der Waals surface area contributed by atoms with Crippen molar-refractivity contribution < 1.29 is 19.3 Å². The Morgan fingerprint density at radius 2 is 1.32 bits per heavy atom. The highest BCUT2D eigenvalue weighted by molar-refractivity contribution is 6.13. The Balaban J connectivity index is 2.04. The number of benzene rings is 3. The zero-order chi connectivity index (χ0) is 22.4. The summed E-state index contributed by atoms with van der Waals surface area (Å²) in [5, 5.41) is 26.7. The summed E-state index contributed by atoms with van der Waals surface area (Å²) in [6.45, 7) is 0. The molecule has 10 nitrogen and oxygen atoms in total. The van der Waals surface area contributed by atoms with E-state index in [0.717, 1.165) is 17.2 Å². The molecule has 0 aliphatic heterocycles.